The Morgan fingerprint density at radius 3 is 2.44 bits per heavy atom. The second-order valence-electron chi connectivity index (χ2n) is 5.33. The van der Waals surface area contributed by atoms with Gasteiger partial charge in [0.25, 0.3) is 5.91 Å². The summed E-state index contributed by atoms with van der Waals surface area (Å²) in [5.74, 6) is -2.56. The fraction of sp³-hybridized carbons (Fsp3) is 0. The van der Waals surface area contributed by atoms with Crippen molar-refractivity contribution in [3.63, 3.8) is 0 Å². The van der Waals surface area contributed by atoms with E-state index in [1.807, 2.05) is 0 Å². The summed E-state index contributed by atoms with van der Waals surface area (Å²) in [7, 11) is 0. The van der Waals surface area contributed by atoms with Gasteiger partial charge < -0.3 is 11.5 Å². The number of guanidine groups is 1. The van der Waals surface area contributed by atoms with E-state index < -0.39 is 17.5 Å². The Bertz CT molecular complexity index is 1030. The molecule has 0 radical (unpaired) electrons. The monoisotopic (exact) mass is 359 g/mol. The van der Waals surface area contributed by atoms with Crippen molar-refractivity contribution in [1.82, 2.24) is 0 Å². The van der Waals surface area contributed by atoms with Crippen molar-refractivity contribution in [2.45, 2.75) is 0 Å². The van der Waals surface area contributed by atoms with Crippen molar-refractivity contribution in [1.29, 1.82) is 0 Å². The first-order valence-electron chi connectivity index (χ1n) is 7.18. The normalized spacial score (nSPS) is 10.7. The second kappa shape index (κ2) is 6.49. The van der Waals surface area contributed by atoms with Crippen LogP contribution in [0.1, 0.15) is 10.4 Å². The minimum atomic E-state index is -0.841. The molecule has 3 aromatic carbocycles. The number of hydrogen-bond donors (Lipinski definition) is 2. The van der Waals surface area contributed by atoms with Crippen LogP contribution in [-0.2, 0) is 0 Å². The van der Waals surface area contributed by atoms with Gasteiger partial charge in [-0.3, -0.25) is 4.79 Å². The maximum Gasteiger partial charge on any atom is 0.280 e. The first kappa shape index (κ1) is 16.9. The number of carbonyl (C=O) groups excluding carboxylic acids is 1. The van der Waals surface area contributed by atoms with Gasteiger partial charge in [-0.05, 0) is 34.5 Å². The molecule has 7 heteroatoms. The molecule has 0 aliphatic heterocycles. The lowest BCUT2D eigenvalue weighted by Gasteiger charge is -2.10. The number of halogens is 3. The molecule has 4 nitrogen and oxygen atoms in total. The highest BCUT2D eigenvalue weighted by Gasteiger charge is 2.14. The lowest BCUT2D eigenvalue weighted by Crippen LogP contribution is -2.24. The highest BCUT2D eigenvalue weighted by molar-refractivity contribution is 6.31. The minimum Gasteiger partial charge on any atom is -0.370 e. The number of aliphatic imine (C=N–C) groups is 1. The molecule has 0 aliphatic carbocycles. The zero-order valence-electron chi connectivity index (χ0n) is 12.8. The number of amides is 1. The lowest BCUT2D eigenvalue weighted by atomic mass is 9.96. The number of hydrogen-bond acceptors (Lipinski definition) is 1. The molecular weight excluding hydrogens is 348 g/mol. The summed E-state index contributed by atoms with van der Waals surface area (Å²) >= 11 is 5.78. The quantitative estimate of drug-likeness (QED) is 0.414. The fourth-order valence-corrected chi connectivity index (χ4v) is 2.71. The Morgan fingerprint density at radius 2 is 1.72 bits per heavy atom. The van der Waals surface area contributed by atoms with E-state index in [4.69, 9.17) is 23.1 Å². The number of carbonyl (C=O) groups is 1. The van der Waals surface area contributed by atoms with Crippen molar-refractivity contribution in [2.24, 2.45) is 16.5 Å². The van der Waals surface area contributed by atoms with Crippen LogP contribution in [0.2, 0.25) is 5.02 Å². The molecule has 1 amide bonds. The van der Waals surface area contributed by atoms with Gasteiger partial charge in [-0.15, -0.1) is 0 Å². The Kier molecular flexibility index (Phi) is 4.37. The molecule has 4 N–H and O–H groups in total. The third-order valence-electron chi connectivity index (χ3n) is 3.66. The van der Waals surface area contributed by atoms with Gasteiger partial charge in [-0.1, -0.05) is 35.9 Å². The average molecular weight is 360 g/mol. The predicted molar refractivity (Wildman–Crippen MR) is 94.5 cm³/mol. The maximum atomic E-state index is 14.3. The summed E-state index contributed by atoms with van der Waals surface area (Å²) < 4.78 is 27.7. The smallest absolute Gasteiger partial charge is 0.280 e. The fourth-order valence-electron chi connectivity index (χ4n) is 2.55. The van der Waals surface area contributed by atoms with Crippen LogP contribution in [0.25, 0.3) is 21.9 Å². The van der Waals surface area contributed by atoms with Crippen LogP contribution >= 0.6 is 11.6 Å². The minimum absolute atomic E-state index is 0.128. The molecular formula is C18H12ClF2N3O. The Hall–Kier alpha value is -2.99. The Labute approximate surface area is 146 Å². The van der Waals surface area contributed by atoms with Crippen LogP contribution in [0.4, 0.5) is 8.78 Å². The third kappa shape index (κ3) is 3.29. The van der Waals surface area contributed by atoms with Crippen LogP contribution < -0.4 is 11.5 Å². The molecule has 3 rings (SSSR count). The van der Waals surface area contributed by atoms with Crippen molar-refractivity contribution >= 4 is 34.2 Å². The van der Waals surface area contributed by atoms with Gasteiger partial charge in [0.1, 0.15) is 11.6 Å². The molecule has 0 heterocycles. The summed E-state index contributed by atoms with van der Waals surface area (Å²) in [6.45, 7) is 0. The number of rotatable bonds is 2. The number of nitrogens with two attached hydrogens (primary N) is 2. The molecule has 3 aromatic rings. The van der Waals surface area contributed by atoms with Gasteiger partial charge in [-0.25, -0.2) is 8.78 Å². The lowest BCUT2D eigenvalue weighted by molar-refractivity contribution is 0.100. The topological polar surface area (TPSA) is 81.5 Å². The summed E-state index contributed by atoms with van der Waals surface area (Å²) in [6, 6.07) is 11.9. The average Bonchev–Trinajstić information content (AvgIpc) is 2.56. The molecule has 0 fully saturated rings. The van der Waals surface area contributed by atoms with Gasteiger partial charge in [0.15, 0.2) is 5.96 Å². The summed E-state index contributed by atoms with van der Waals surface area (Å²) in [4.78, 5) is 15.5. The molecule has 0 atom stereocenters. The molecule has 126 valence electrons. The molecule has 25 heavy (non-hydrogen) atoms. The van der Waals surface area contributed by atoms with Crippen molar-refractivity contribution in [3.8, 4) is 11.1 Å². The third-order valence-corrected chi connectivity index (χ3v) is 3.95. The Balaban J connectivity index is 2.24. The standard InChI is InChI=1S/C18H12ClF2N3O/c19-14-7-13(15(20)8-16(14)21)11-3-1-2-9-4-5-10(6-12(9)11)17(25)24-18(22)23/h1-8H,(H4,22,23,24,25). The molecule has 0 aromatic heterocycles. The van der Waals surface area contributed by atoms with Gasteiger partial charge in [0, 0.05) is 17.2 Å². The van der Waals surface area contributed by atoms with E-state index in [2.05, 4.69) is 4.99 Å². The first-order chi connectivity index (χ1) is 11.9. The largest absolute Gasteiger partial charge is 0.370 e. The molecule has 0 aliphatic rings. The van der Waals surface area contributed by atoms with E-state index in [0.29, 0.717) is 10.9 Å². The van der Waals surface area contributed by atoms with Gasteiger partial charge in [-0.2, -0.15) is 4.99 Å². The number of benzene rings is 3. The van der Waals surface area contributed by atoms with E-state index in [1.165, 1.54) is 6.07 Å². The number of nitrogens with zero attached hydrogens (tertiary/aromatic N) is 1. The molecule has 0 unspecified atom stereocenters. The summed E-state index contributed by atoms with van der Waals surface area (Å²) in [5.41, 5.74) is 11.3. The zero-order chi connectivity index (χ0) is 18.1. The summed E-state index contributed by atoms with van der Waals surface area (Å²) in [5, 5.41) is 1.15. The van der Waals surface area contributed by atoms with Crippen LogP contribution in [0.3, 0.4) is 0 Å². The van der Waals surface area contributed by atoms with Crippen LogP contribution in [0.15, 0.2) is 53.5 Å². The molecule has 0 bridgehead atoms. The molecule has 0 saturated carbocycles. The number of fused-ring (bicyclic) bond motifs is 1. The van der Waals surface area contributed by atoms with Gasteiger partial charge in [0.2, 0.25) is 0 Å². The van der Waals surface area contributed by atoms with E-state index in [9.17, 15) is 13.6 Å². The van der Waals surface area contributed by atoms with Gasteiger partial charge in [0.05, 0.1) is 5.02 Å². The zero-order valence-corrected chi connectivity index (χ0v) is 13.5. The van der Waals surface area contributed by atoms with Crippen LogP contribution in [0.5, 0.6) is 0 Å². The molecule has 0 spiro atoms. The predicted octanol–water partition coefficient (Wildman–Crippen LogP) is 3.85. The van der Waals surface area contributed by atoms with E-state index >= 15 is 0 Å². The van der Waals surface area contributed by atoms with Crippen molar-refractivity contribution < 1.29 is 13.6 Å². The van der Waals surface area contributed by atoms with Crippen LogP contribution in [-0.4, -0.2) is 11.9 Å². The van der Waals surface area contributed by atoms with E-state index in [0.717, 1.165) is 11.5 Å². The highest BCUT2D eigenvalue weighted by atomic mass is 35.5. The van der Waals surface area contributed by atoms with Crippen molar-refractivity contribution in [3.05, 3.63) is 70.8 Å². The maximum absolute atomic E-state index is 14.3. The second-order valence-corrected chi connectivity index (χ2v) is 5.74. The van der Waals surface area contributed by atoms with E-state index in [1.54, 1.807) is 36.4 Å². The SMILES string of the molecule is NC(N)=NC(=O)c1ccc2cccc(-c3cc(Cl)c(F)cc3F)c2c1. The van der Waals surface area contributed by atoms with Crippen LogP contribution in [0, 0.1) is 11.6 Å². The van der Waals surface area contributed by atoms with E-state index in [-0.39, 0.29) is 22.1 Å². The van der Waals surface area contributed by atoms with Crippen molar-refractivity contribution in [2.75, 3.05) is 0 Å². The Morgan fingerprint density at radius 1 is 0.960 bits per heavy atom. The molecule has 0 saturated heterocycles. The highest BCUT2D eigenvalue weighted by Crippen LogP contribution is 2.33. The first-order valence-corrected chi connectivity index (χ1v) is 7.56. The van der Waals surface area contributed by atoms with Gasteiger partial charge >= 0.3 is 0 Å². The summed E-state index contributed by atoms with van der Waals surface area (Å²) in [6.07, 6.45) is 0.